The molecule has 3 rings (SSSR count). The highest BCUT2D eigenvalue weighted by Crippen LogP contribution is 2.19. The van der Waals surface area contributed by atoms with Gasteiger partial charge in [-0.1, -0.05) is 18.2 Å². The van der Waals surface area contributed by atoms with Gasteiger partial charge in [-0.3, -0.25) is 4.57 Å². The molecule has 0 aliphatic heterocycles. The van der Waals surface area contributed by atoms with Crippen molar-refractivity contribution in [1.29, 1.82) is 0 Å². The number of para-hydroxylation sites is 1. The van der Waals surface area contributed by atoms with E-state index >= 15 is 0 Å². The normalized spacial score (nSPS) is 10.7. The maximum Gasteiger partial charge on any atom is 0.210 e. The first-order valence-corrected chi connectivity index (χ1v) is 6.34. The van der Waals surface area contributed by atoms with E-state index in [9.17, 15) is 5.21 Å². The summed E-state index contributed by atoms with van der Waals surface area (Å²) in [6, 6.07) is 9.61. The molecule has 6 nitrogen and oxygen atoms in total. The molecular formula is C13H11N5OS. The molecule has 0 saturated heterocycles. The molecular weight excluding hydrogens is 274 g/mol. The molecule has 20 heavy (non-hydrogen) atoms. The molecule has 0 atom stereocenters. The predicted octanol–water partition coefficient (Wildman–Crippen LogP) is 1.64. The van der Waals surface area contributed by atoms with Crippen LogP contribution in [0.15, 0.2) is 48.9 Å². The number of nitrogens with zero attached hydrogens (tertiary/aromatic N) is 5. The smallest absolute Gasteiger partial charge is 0.210 e. The Morgan fingerprint density at radius 3 is 2.70 bits per heavy atom. The fraction of sp³-hybridized carbons (Fsp3) is 0.0769. The van der Waals surface area contributed by atoms with Crippen molar-refractivity contribution in [2.45, 2.75) is 0 Å². The summed E-state index contributed by atoms with van der Waals surface area (Å²) in [6.45, 7) is 0. The van der Waals surface area contributed by atoms with Gasteiger partial charge < -0.3 is 5.21 Å². The van der Waals surface area contributed by atoms with Gasteiger partial charge in [-0.25, -0.2) is 9.67 Å². The molecule has 0 amide bonds. The molecule has 2 aromatic heterocycles. The van der Waals surface area contributed by atoms with Crippen LogP contribution in [0.4, 0.5) is 0 Å². The summed E-state index contributed by atoms with van der Waals surface area (Å²) >= 11 is 5.38. The number of rotatable bonds is 2. The Labute approximate surface area is 120 Å². The molecule has 0 aliphatic carbocycles. The third-order valence-corrected chi connectivity index (χ3v) is 3.29. The second kappa shape index (κ2) is 4.86. The van der Waals surface area contributed by atoms with Crippen LogP contribution in [0.2, 0.25) is 0 Å². The summed E-state index contributed by atoms with van der Waals surface area (Å²) < 4.78 is 4.60. The molecule has 0 radical (unpaired) electrons. The molecule has 0 fully saturated rings. The Kier molecular flexibility index (Phi) is 3.03. The van der Waals surface area contributed by atoms with Crippen LogP contribution in [0.1, 0.15) is 0 Å². The van der Waals surface area contributed by atoms with E-state index in [1.54, 1.807) is 16.3 Å². The van der Waals surface area contributed by atoms with Crippen LogP contribution in [0.25, 0.3) is 17.2 Å². The zero-order chi connectivity index (χ0) is 14.1. The molecule has 0 saturated carbocycles. The zero-order valence-corrected chi connectivity index (χ0v) is 11.5. The SMILES string of the molecule is Cn1nc(-c2c[n+]([O-])ccn2)n(-c2ccccc2)c1=S. The summed E-state index contributed by atoms with van der Waals surface area (Å²) in [5.74, 6) is 0.536. The van der Waals surface area contributed by atoms with Crippen LogP contribution in [-0.4, -0.2) is 19.3 Å². The summed E-state index contributed by atoms with van der Waals surface area (Å²) in [4.78, 5) is 4.19. The molecule has 0 N–H and O–H groups in total. The second-order valence-electron chi connectivity index (χ2n) is 4.20. The maximum absolute atomic E-state index is 11.4. The quantitative estimate of drug-likeness (QED) is 0.408. The summed E-state index contributed by atoms with van der Waals surface area (Å²) in [5, 5.41) is 15.8. The lowest BCUT2D eigenvalue weighted by molar-refractivity contribution is -0.605. The lowest BCUT2D eigenvalue weighted by atomic mass is 10.3. The Balaban J connectivity index is 2.28. The highest BCUT2D eigenvalue weighted by molar-refractivity contribution is 7.71. The zero-order valence-electron chi connectivity index (χ0n) is 10.7. The fourth-order valence-electron chi connectivity index (χ4n) is 1.93. The number of hydrogen-bond donors (Lipinski definition) is 0. The van der Waals surface area contributed by atoms with E-state index in [1.807, 2.05) is 30.3 Å². The first-order chi connectivity index (χ1) is 9.66. The largest absolute Gasteiger partial charge is 0.619 e. The average Bonchev–Trinajstić information content (AvgIpc) is 2.76. The van der Waals surface area contributed by atoms with E-state index < -0.39 is 0 Å². The summed E-state index contributed by atoms with van der Waals surface area (Å²) in [5.41, 5.74) is 1.35. The molecule has 2 heterocycles. The van der Waals surface area contributed by atoms with Gasteiger partial charge in [0.2, 0.25) is 11.0 Å². The van der Waals surface area contributed by atoms with Gasteiger partial charge in [0, 0.05) is 7.05 Å². The summed E-state index contributed by atoms with van der Waals surface area (Å²) in [6.07, 6.45) is 4.14. The lowest BCUT2D eigenvalue weighted by Crippen LogP contribution is -2.25. The highest BCUT2D eigenvalue weighted by Gasteiger charge is 2.15. The molecule has 7 heteroatoms. The second-order valence-corrected chi connectivity index (χ2v) is 4.57. The van der Waals surface area contributed by atoms with Gasteiger partial charge in [0.15, 0.2) is 17.7 Å². The standard InChI is InChI=1S/C13H11N5OS/c1-16-13(20)18(10-5-3-2-4-6-10)12(15-16)11-9-17(19)8-7-14-11/h2-9H,1H3. The van der Waals surface area contributed by atoms with E-state index in [4.69, 9.17) is 12.2 Å². The van der Waals surface area contributed by atoms with Gasteiger partial charge in [-0.05, 0) is 24.4 Å². The number of aryl methyl sites for hydroxylation is 1. The van der Waals surface area contributed by atoms with Crippen molar-refractivity contribution < 1.29 is 4.73 Å². The molecule has 100 valence electrons. The van der Waals surface area contributed by atoms with Gasteiger partial charge in [0.05, 0.1) is 11.9 Å². The van der Waals surface area contributed by atoms with Crippen molar-refractivity contribution in [3.05, 3.63) is 58.9 Å². The Morgan fingerprint density at radius 1 is 1.25 bits per heavy atom. The van der Waals surface area contributed by atoms with Gasteiger partial charge in [0.1, 0.15) is 0 Å². The Bertz CT molecular complexity index is 809. The monoisotopic (exact) mass is 285 g/mol. The van der Waals surface area contributed by atoms with Crippen LogP contribution < -0.4 is 4.73 Å². The molecule has 0 spiro atoms. The molecule has 0 bridgehead atoms. The highest BCUT2D eigenvalue weighted by atomic mass is 32.1. The first kappa shape index (κ1) is 12.5. The van der Waals surface area contributed by atoms with Crippen LogP contribution in [0.5, 0.6) is 0 Å². The predicted molar refractivity (Wildman–Crippen MR) is 75.6 cm³/mol. The topological polar surface area (TPSA) is 62.6 Å². The van der Waals surface area contributed by atoms with Gasteiger partial charge in [-0.2, -0.15) is 4.73 Å². The third-order valence-electron chi connectivity index (χ3n) is 2.84. The van der Waals surface area contributed by atoms with Crippen LogP contribution in [0.3, 0.4) is 0 Å². The maximum atomic E-state index is 11.4. The van der Waals surface area contributed by atoms with Gasteiger partial charge >= 0.3 is 0 Å². The van der Waals surface area contributed by atoms with Crippen molar-refractivity contribution in [2.24, 2.45) is 7.05 Å². The van der Waals surface area contributed by atoms with Crippen molar-refractivity contribution in [1.82, 2.24) is 19.3 Å². The van der Waals surface area contributed by atoms with Crippen molar-refractivity contribution in [3.63, 3.8) is 0 Å². The molecule has 1 aromatic carbocycles. The Hall–Kier alpha value is -2.54. The van der Waals surface area contributed by atoms with E-state index in [0.29, 0.717) is 21.0 Å². The van der Waals surface area contributed by atoms with E-state index in [1.165, 1.54) is 18.6 Å². The molecule has 3 aromatic rings. The minimum absolute atomic E-state index is 0.470. The van der Waals surface area contributed by atoms with Crippen molar-refractivity contribution in [2.75, 3.05) is 0 Å². The van der Waals surface area contributed by atoms with Crippen LogP contribution >= 0.6 is 12.2 Å². The number of benzene rings is 1. The minimum atomic E-state index is 0.470. The van der Waals surface area contributed by atoms with Crippen LogP contribution in [0, 0.1) is 9.98 Å². The number of aromatic nitrogens is 5. The third kappa shape index (κ3) is 2.08. The average molecular weight is 285 g/mol. The fourth-order valence-corrected chi connectivity index (χ4v) is 2.16. The van der Waals surface area contributed by atoms with Gasteiger partial charge in [-0.15, -0.1) is 5.10 Å². The molecule has 0 unspecified atom stereocenters. The summed E-state index contributed by atoms with van der Waals surface area (Å²) in [7, 11) is 1.76. The van der Waals surface area contributed by atoms with E-state index in [-0.39, 0.29) is 0 Å². The minimum Gasteiger partial charge on any atom is -0.619 e. The molecule has 0 aliphatic rings. The number of hydrogen-bond acceptors (Lipinski definition) is 4. The van der Waals surface area contributed by atoms with Crippen molar-refractivity contribution >= 4 is 12.2 Å². The van der Waals surface area contributed by atoms with Crippen molar-refractivity contribution in [3.8, 4) is 17.2 Å². The first-order valence-electron chi connectivity index (χ1n) is 5.93. The Morgan fingerprint density at radius 2 is 2.00 bits per heavy atom. The van der Waals surface area contributed by atoms with Gasteiger partial charge in [0.25, 0.3) is 0 Å². The van der Waals surface area contributed by atoms with E-state index in [0.717, 1.165) is 5.69 Å². The van der Waals surface area contributed by atoms with E-state index in [2.05, 4.69) is 10.1 Å². The lowest BCUT2D eigenvalue weighted by Gasteiger charge is -2.05. The van der Waals surface area contributed by atoms with Crippen LogP contribution in [-0.2, 0) is 7.05 Å².